The number of benzene rings is 1. The Balaban J connectivity index is 1.27. The number of aliphatic hydroxyl groups is 1. The number of rotatable bonds is 5. The lowest BCUT2D eigenvalue weighted by Gasteiger charge is -2.21. The number of nitrogens with zero attached hydrogens (tertiary/aromatic N) is 4. The summed E-state index contributed by atoms with van der Waals surface area (Å²) in [5.74, 6) is 0.503. The maximum atomic E-state index is 15.1. The molecule has 2 fully saturated rings. The zero-order valence-electron chi connectivity index (χ0n) is 16.5. The largest absolute Gasteiger partial charge is 0.381 e. The molecule has 11 nitrogen and oxygen atoms in total. The van der Waals surface area contributed by atoms with Gasteiger partial charge in [-0.2, -0.15) is 8.42 Å². The third kappa shape index (κ3) is 2.85. The molecule has 3 heterocycles. The maximum absolute atomic E-state index is 15.1. The molecular formula is C19H19FN6O5S. The standard InChI is InChI=1S/C19H19FN6O5S/c20-13-18(30-14-15(19(13,14)27)31-32(21,28)29)26-8-24-12-16(22-7-23-17(12)26)25-11-6-5-9-3-1-2-4-10(9)11/h1-4,7-8,11,13-15,18,27H,5-6H2,(H2,21,28,29)(H,22,23,25)/t11-,13+,14+,15?,18+,19-/m0/s1. The van der Waals surface area contributed by atoms with Gasteiger partial charge >= 0.3 is 10.3 Å². The molecule has 1 saturated heterocycles. The minimum absolute atomic E-state index is 0.0654. The average Bonchev–Trinajstić information content (AvgIpc) is 3.17. The van der Waals surface area contributed by atoms with Gasteiger partial charge in [-0.1, -0.05) is 24.3 Å². The van der Waals surface area contributed by atoms with Crippen LogP contribution in [0.5, 0.6) is 0 Å². The zero-order valence-corrected chi connectivity index (χ0v) is 17.3. The Bertz CT molecular complexity index is 1330. The molecule has 1 aliphatic heterocycles. The van der Waals surface area contributed by atoms with Gasteiger partial charge in [-0.25, -0.2) is 28.7 Å². The van der Waals surface area contributed by atoms with Crippen molar-refractivity contribution in [1.29, 1.82) is 0 Å². The lowest BCUT2D eigenvalue weighted by atomic mass is 10.1. The number of alkyl halides is 1. The zero-order chi connectivity index (χ0) is 22.3. The molecule has 0 bridgehead atoms. The van der Waals surface area contributed by atoms with E-state index in [4.69, 9.17) is 9.88 Å². The van der Waals surface area contributed by atoms with Crippen molar-refractivity contribution in [2.45, 2.75) is 49.1 Å². The summed E-state index contributed by atoms with van der Waals surface area (Å²) >= 11 is 0. The number of nitrogens with two attached hydrogens (primary N) is 1. The SMILES string of the molecule is NS(=O)(=O)OC1[C@H]2O[C@@H](n3cnc4c(N[C@H]5CCc6ccccc65)ncnc43)[C@@H](F)[C@@]12O. The van der Waals surface area contributed by atoms with E-state index in [2.05, 4.69) is 36.6 Å². The van der Waals surface area contributed by atoms with Crippen molar-refractivity contribution in [3.63, 3.8) is 0 Å². The van der Waals surface area contributed by atoms with Crippen LogP contribution in [0.3, 0.4) is 0 Å². The minimum Gasteiger partial charge on any atom is -0.381 e. The molecule has 2 aliphatic carbocycles. The Morgan fingerprint density at radius 3 is 2.88 bits per heavy atom. The highest BCUT2D eigenvalue weighted by molar-refractivity contribution is 7.84. The van der Waals surface area contributed by atoms with Crippen molar-refractivity contribution in [3.05, 3.63) is 48.0 Å². The predicted octanol–water partition coefficient (Wildman–Crippen LogP) is 0.495. The lowest BCUT2D eigenvalue weighted by Crippen LogP contribution is -2.35. The number of ether oxygens (including phenoxy) is 1. The van der Waals surface area contributed by atoms with Crippen LogP contribution in [0.2, 0.25) is 0 Å². The highest BCUT2D eigenvalue weighted by Crippen LogP contribution is 2.57. The minimum atomic E-state index is -4.36. The highest BCUT2D eigenvalue weighted by Gasteiger charge is 2.80. The van der Waals surface area contributed by atoms with Crippen molar-refractivity contribution < 1.29 is 26.8 Å². The predicted molar refractivity (Wildman–Crippen MR) is 108 cm³/mol. The van der Waals surface area contributed by atoms with Crippen molar-refractivity contribution >= 4 is 27.3 Å². The highest BCUT2D eigenvalue weighted by atomic mass is 32.2. The summed E-state index contributed by atoms with van der Waals surface area (Å²) in [5, 5.41) is 18.7. The quantitative estimate of drug-likeness (QED) is 0.491. The van der Waals surface area contributed by atoms with Crippen LogP contribution in [0.4, 0.5) is 10.2 Å². The molecule has 3 aliphatic rings. The van der Waals surface area contributed by atoms with E-state index < -0.39 is 40.5 Å². The average molecular weight is 462 g/mol. The molecule has 0 amide bonds. The first kappa shape index (κ1) is 19.9. The first-order valence-corrected chi connectivity index (χ1v) is 11.5. The molecule has 3 aromatic rings. The van der Waals surface area contributed by atoms with E-state index in [-0.39, 0.29) is 6.04 Å². The molecule has 13 heteroatoms. The van der Waals surface area contributed by atoms with E-state index in [0.717, 1.165) is 12.8 Å². The van der Waals surface area contributed by atoms with E-state index in [0.29, 0.717) is 17.0 Å². The molecule has 0 spiro atoms. The Morgan fingerprint density at radius 1 is 1.31 bits per heavy atom. The molecule has 0 radical (unpaired) electrons. The first-order valence-electron chi connectivity index (χ1n) is 10.0. The van der Waals surface area contributed by atoms with Crippen LogP contribution >= 0.6 is 0 Å². The second-order valence-corrected chi connectivity index (χ2v) is 9.40. The Kier molecular flexibility index (Phi) is 4.14. The van der Waals surface area contributed by atoms with Crippen molar-refractivity contribution in [2.75, 3.05) is 5.32 Å². The summed E-state index contributed by atoms with van der Waals surface area (Å²) in [6, 6.07) is 8.24. The molecule has 4 N–H and O–H groups in total. The smallest absolute Gasteiger partial charge is 0.333 e. The van der Waals surface area contributed by atoms with Crippen LogP contribution in [-0.4, -0.2) is 57.0 Å². The second-order valence-electron chi connectivity index (χ2n) is 8.23. The van der Waals surface area contributed by atoms with E-state index in [1.54, 1.807) is 0 Å². The molecule has 1 aromatic carbocycles. The van der Waals surface area contributed by atoms with E-state index >= 15 is 4.39 Å². The van der Waals surface area contributed by atoms with Crippen LogP contribution in [0, 0.1) is 0 Å². The van der Waals surface area contributed by atoms with E-state index in [1.807, 2.05) is 12.1 Å². The van der Waals surface area contributed by atoms with Gasteiger partial charge in [-0.3, -0.25) is 4.57 Å². The summed E-state index contributed by atoms with van der Waals surface area (Å²) in [5.41, 5.74) is 1.11. The van der Waals surface area contributed by atoms with Crippen LogP contribution < -0.4 is 10.5 Å². The number of hydrogen-bond acceptors (Lipinski definition) is 9. The van der Waals surface area contributed by atoms with E-state index in [1.165, 1.54) is 28.3 Å². The lowest BCUT2D eigenvalue weighted by molar-refractivity contribution is -0.0544. The van der Waals surface area contributed by atoms with Crippen LogP contribution in [0.15, 0.2) is 36.9 Å². The molecule has 1 unspecified atom stereocenters. The van der Waals surface area contributed by atoms with Gasteiger partial charge in [-0.05, 0) is 24.0 Å². The summed E-state index contributed by atoms with van der Waals surface area (Å²) in [4.78, 5) is 12.9. The molecule has 1 saturated carbocycles. The monoisotopic (exact) mass is 462 g/mol. The Hall–Kier alpha value is -2.71. The van der Waals surface area contributed by atoms with Crippen molar-refractivity contribution in [2.24, 2.45) is 5.14 Å². The van der Waals surface area contributed by atoms with E-state index in [9.17, 15) is 13.5 Å². The van der Waals surface area contributed by atoms with Crippen LogP contribution in [0.25, 0.3) is 11.2 Å². The number of aryl methyl sites for hydroxylation is 1. The Morgan fingerprint density at radius 2 is 2.12 bits per heavy atom. The molecule has 6 atom stereocenters. The number of fused-ring (bicyclic) bond motifs is 3. The van der Waals surface area contributed by atoms with Gasteiger partial charge in [0, 0.05) is 0 Å². The van der Waals surface area contributed by atoms with Crippen LogP contribution in [-0.2, 0) is 25.6 Å². The summed E-state index contributed by atoms with van der Waals surface area (Å²) in [6.07, 6.45) is -1.25. The number of aromatic nitrogens is 4. The second kappa shape index (κ2) is 6.65. The fourth-order valence-electron chi connectivity index (χ4n) is 4.77. The number of halogens is 1. The third-order valence-corrected chi connectivity index (χ3v) is 6.85. The Labute approximate surface area is 181 Å². The van der Waals surface area contributed by atoms with Gasteiger partial charge in [0.15, 0.2) is 35.0 Å². The number of anilines is 1. The summed E-state index contributed by atoms with van der Waals surface area (Å²) in [7, 11) is -4.36. The number of nitrogens with one attached hydrogen (secondary N) is 1. The summed E-state index contributed by atoms with van der Waals surface area (Å²) < 4.78 is 48.8. The molecular weight excluding hydrogens is 443 g/mol. The maximum Gasteiger partial charge on any atom is 0.333 e. The molecule has 2 aromatic heterocycles. The first-order chi connectivity index (χ1) is 15.3. The third-order valence-electron chi connectivity index (χ3n) is 6.37. The fraction of sp³-hybridized carbons (Fsp3) is 0.421. The van der Waals surface area contributed by atoms with Crippen LogP contribution in [0.1, 0.15) is 29.8 Å². The van der Waals surface area contributed by atoms with Gasteiger partial charge in [0.2, 0.25) is 0 Å². The topological polar surface area (TPSA) is 154 Å². The number of imidazole rings is 1. The van der Waals surface area contributed by atoms with Crippen molar-refractivity contribution in [3.8, 4) is 0 Å². The number of hydrogen-bond donors (Lipinski definition) is 3. The summed E-state index contributed by atoms with van der Waals surface area (Å²) in [6.45, 7) is 0. The van der Waals surface area contributed by atoms with Crippen molar-refractivity contribution in [1.82, 2.24) is 19.5 Å². The van der Waals surface area contributed by atoms with Gasteiger partial charge in [0.25, 0.3) is 0 Å². The van der Waals surface area contributed by atoms with Gasteiger partial charge < -0.3 is 15.2 Å². The molecule has 168 valence electrons. The normalized spacial score (nSPS) is 33.3. The molecule has 6 rings (SSSR count). The fourth-order valence-corrected chi connectivity index (χ4v) is 5.31. The van der Waals surface area contributed by atoms with Gasteiger partial charge in [-0.15, -0.1) is 0 Å². The van der Waals surface area contributed by atoms with Gasteiger partial charge in [0.1, 0.15) is 18.5 Å². The van der Waals surface area contributed by atoms with Gasteiger partial charge in [0.05, 0.1) is 12.4 Å². The molecule has 32 heavy (non-hydrogen) atoms.